The van der Waals surface area contributed by atoms with Gasteiger partial charge in [0.1, 0.15) is 5.82 Å². The van der Waals surface area contributed by atoms with Crippen molar-refractivity contribution in [3.8, 4) is 51.1 Å². The summed E-state index contributed by atoms with van der Waals surface area (Å²) in [6, 6.07) is 56.2. The van der Waals surface area contributed by atoms with Crippen molar-refractivity contribution in [2.75, 3.05) is 0 Å². The molecule has 7 aromatic carbocycles. The molecular weight excluding hydrogens is 573 g/mol. The number of rotatable bonds is 6. The summed E-state index contributed by atoms with van der Waals surface area (Å²) < 4.78 is 0. The molecule has 4 nitrogen and oxygen atoms in total. The summed E-state index contributed by atoms with van der Waals surface area (Å²) in [5, 5.41) is 14.8. The molecule has 47 heavy (non-hydrogen) atoms. The molecule has 0 aliphatic rings. The minimum absolute atomic E-state index is 0.538. The van der Waals surface area contributed by atoms with Gasteiger partial charge in [0, 0.05) is 17.5 Å². The van der Waals surface area contributed by atoms with E-state index in [4.69, 9.17) is 15.0 Å². The first-order valence-corrected chi connectivity index (χ1v) is 15.6. The fraction of sp³-hybridized carbons (Fsp3) is 0.0233. The first-order chi connectivity index (χ1) is 23.2. The van der Waals surface area contributed by atoms with Crippen LogP contribution in [-0.2, 0) is 6.42 Å². The third-order valence-corrected chi connectivity index (χ3v) is 8.51. The zero-order valence-corrected chi connectivity index (χ0v) is 25.5. The van der Waals surface area contributed by atoms with Crippen LogP contribution < -0.4 is 0 Å². The van der Waals surface area contributed by atoms with E-state index in [9.17, 15) is 5.26 Å². The van der Waals surface area contributed by atoms with Crippen LogP contribution in [0.15, 0.2) is 158 Å². The van der Waals surface area contributed by atoms with Crippen LogP contribution in [0.1, 0.15) is 17.0 Å². The Kier molecular flexibility index (Phi) is 7.26. The molecule has 0 saturated carbocycles. The summed E-state index contributed by atoms with van der Waals surface area (Å²) in [4.78, 5) is 14.6. The highest BCUT2D eigenvalue weighted by molar-refractivity contribution is 6.13. The monoisotopic (exact) mass is 600 g/mol. The fourth-order valence-electron chi connectivity index (χ4n) is 6.28. The Labute approximate surface area is 273 Å². The van der Waals surface area contributed by atoms with Crippen molar-refractivity contribution in [3.63, 3.8) is 0 Å². The van der Waals surface area contributed by atoms with Crippen LogP contribution in [0, 0.1) is 11.3 Å². The highest BCUT2D eigenvalue weighted by atomic mass is 15.0. The van der Waals surface area contributed by atoms with E-state index in [1.165, 1.54) is 21.5 Å². The molecule has 1 heterocycles. The zero-order valence-electron chi connectivity index (χ0n) is 25.5. The third-order valence-electron chi connectivity index (χ3n) is 8.51. The molecule has 0 unspecified atom stereocenters. The summed E-state index contributed by atoms with van der Waals surface area (Å²) in [6.07, 6.45) is 0.538. The van der Waals surface area contributed by atoms with E-state index in [2.05, 4.69) is 91.0 Å². The van der Waals surface area contributed by atoms with Crippen LogP contribution in [0.4, 0.5) is 0 Å². The lowest BCUT2D eigenvalue weighted by molar-refractivity contribution is 0.933. The van der Waals surface area contributed by atoms with Crippen molar-refractivity contribution in [2.45, 2.75) is 6.42 Å². The van der Waals surface area contributed by atoms with E-state index in [1.54, 1.807) is 0 Å². The van der Waals surface area contributed by atoms with Crippen LogP contribution >= 0.6 is 0 Å². The normalized spacial score (nSPS) is 11.0. The zero-order chi connectivity index (χ0) is 31.6. The van der Waals surface area contributed by atoms with Crippen molar-refractivity contribution >= 4 is 21.5 Å². The number of hydrogen-bond acceptors (Lipinski definition) is 4. The fourth-order valence-corrected chi connectivity index (χ4v) is 6.28. The Hall–Kier alpha value is -6.44. The largest absolute Gasteiger partial charge is 0.213 e. The highest BCUT2D eigenvalue weighted by Gasteiger charge is 2.14. The first kappa shape index (κ1) is 28.1. The van der Waals surface area contributed by atoms with Crippen LogP contribution in [0.2, 0.25) is 0 Å². The van der Waals surface area contributed by atoms with Crippen LogP contribution in [0.3, 0.4) is 0 Å². The number of nitriles is 1. The van der Waals surface area contributed by atoms with Gasteiger partial charge in [-0.05, 0) is 73.6 Å². The van der Waals surface area contributed by atoms with Crippen molar-refractivity contribution < 1.29 is 0 Å². The molecule has 0 fully saturated rings. The topological polar surface area (TPSA) is 62.5 Å². The first-order valence-electron chi connectivity index (χ1n) is 15.6. The molecule has 0 spiro atoms. The van der Waals surface area contributed by atoms with Crippen LogP contribution in [0.5, 0.6) is 0 Å². The van der Waals surface area contributed by atoms with Gasteiger partial charge in [0.05, 0.1) is 11.6 Å². The van der Waals surface area contributed by atoms with E-state index in [1.807, 2.05) is 72.8 Å². The Morgan fingerprint density at radius 2 is 1.04 bits per heavy atom. The van der Waals surface area contributed by atoms with Gasteiger partial charge in [-0.2, -0.15) is 5.26 Å². The molecule has 4 heteroatoms. The Bertz CT molecular complexity index is 2390. The van der Waals surface area contributed by atoms with E-state index in [0.717, 1.165) is 38.9 Å². The molecule has 0 atom stereocenters. The maximum absolute atomic E-state index is 10.1. The third kappa shape index (κ3) is 5.63. The highest BCUT2D eigenvalue weighted by Crippen LogP contribution is 2.37. The van der Waals surface area contributed by atoms with Gasteiger partial charge in [-0.1, -0.05) is 133 Å². The molecule has 8 rings (SSSR count). The maximum atomic E-state index is 10.1. The van der Waals surface area contributed by atoms with Crippen molar-refractivity contribution in [1.29, 1.82) is 5.26 Å². The Morgan fingerprint density at radius 3 is 1.74 bits per heavy atom. The minimum Gasteiger partial charge on any atom is -0.213 e. The number of aromatic nitrogens is 3. The average Bonchev–Trinajstić information content (AvgIpc) is 3.15. The average molecular weight is 601 g/mol. The molecule has 1 aromatic heterocycles. The van der Waals surface area contributed by atoms with Crippen molar-refractivity contribution in [3.05, 3.63) is 175 Å². The van der Waals surface area contributed by atoms with Crippen molar-refractivity contribution in [1.82, 2.24) is 15.0 Å². The second-order valence-corrected chi connectivity index (χ2v) is 11.6. The van der Waals surface area contributed by atoms with Gasteiger partial charge < -0.3 is 0 Å². The Morgan fingerprint density at radius 1 is 0.447 bits per heavy atom. The van der Waals surface area contributed by atoms with Crippen LogP contribution in [0.25, 0.3) is 66.6 Å². The molecule has 0 aliphatic carbocycles. The summed E-state index contributed by atoms with van der Waals surface area (Å²) in [5.74, 6) is 2.00. The predicted molar refractivity (Wildman–Crippen MR) is 191 cm³/mol. The molecule has 0 radical (unpaired) electrons. The maximum Gasteiger partial charge on any atom is 0.163 e. The quantitative estimate of drug-likeness (QED) is 0.178. The number of benzene rings is 7. The lowest BCUT2D eigenvalue weighted by Crippen LogP contribution is -2.04. The predicted octanol–water partition coefficient (Wildman–Crippen LogP) is 10.3. The molecular formula is C43H28N4. The summed E-state index contributed by atoms with van der Waals surface area (Å²) in [5.41, 5.74) is 7.75. The van der Waals surface area contributed by atoms with E-state index < -0.39 is 0 Å². The molecule has 0 bridgehead atoms. The second-order valence-electron chi connectivity index (χ2n) is 11.6. The van der Waals surface area contributed by atoms with Crippen LogP contribution in [-0.4, -0.2) is 15.0 Å². The molecule has 220 valence electrons. The molecule has 0 saturated heterocycles. The van der Waals surface area contributed by atoms with Gasteiger partial charge in [-0.25, -0.2) is 15.0 Å². The number of hydrogen-bond donors (Lipinski definition) is 0. The minimum atomic E-state index is 0.538. The van der Waals surface area contributed by atoms with Gasteiger partial charge in [-0.15, -0.1) is 0 Å². The summed E-state index contributed by atoms with van der Waals surface area (Å²) in [7, 11) is 0. The van der Waals surface area contributed by atoms with Gasteiger partial charge in [0.2, 0.25) is 0 Å². The number of nitrogens with zero attached hydrogens (tertiary/aromatic N) is 4. The molecule has 0 aliphatic heterocycles. The van der Waals surface area contributed by atoms with Gasteiger partial charge >= 0.3 is 0 Å². The second kappa shape index (κ2) is 12.2. The van der Waals surface area contributed by atoms with E-state index in [-0.39, 0.29) is 0 Å². The number of fused-ring (bicyclic) bond motifs is 3. The SMILES string of the molecule is N#Cc1cc(-c2cccc(Cc3nc(-c4ccccc4)nc(-c4ccccc4)n3)c2)cc(-c2cc3ccccc3c3ccccc23)c1. The standard InChI is InChI=1S/C43H28N4/c44-28-30-23-35(26-36(24-30)40-27-34-17-7-8-19-37(34)38-20-9-10-21-39(38)40)33-18-11-12-29(22-33)25-41-45-42(31-13-3-1-4-14-31)47-43(46-41)32-15-5-2-6-16-32/h1-24,26-27H,25H2. The smallest absolute Gasteiger partial charge is 0.163 e. The van der Waals surface area contributed by atoms with Gasteiger partial charge in [0.25, 0.3) is 0 Å². The summed E-state index contributed by atoms with van der Waals surface area (Å²) >= 11 is 0. The Balaban J connectivity index is 1.20. The molecule has 0 amide bonds. The van der Waals surface area contributed by atoms with E-state index >= 15 is 0 Å². The van der Waals surface area contributed by atoms with E-state index in [0.29, 0.717) is 29.5 Å². The molecule has 8 aromatic rings. The lowest BCUT2D eigenvalue weighted by Gasteiger charge is -2.13. The van der Waals surface area contributed by atoms with Gasteiger partial charge in [-0.3, -0.25) is 0 Å². The summed E-state index contributed by atoms with van der Waals surface area (Å²) in [6.45, 7) is 0. The van der Waals surface area contributed by atoms with Crippen molar-refractivity contribution in [2.24, 2.45) is 0 Å². The lowest BCUT2D eigenvalue weighted by atomic mass is 9.90. The molecule has 0 N–H and O–H groups in total. The van der Waals surface area contributed by atoms with Gasteiger partial charge in [0.15, 0.2) is 11.6 Å².